The van der Waals surface area contributed by atoms with Crippen molar-refractivity contribution in [3.8, 4) is 22.9 Å². The Hall–Kier alpha value is -4.74. The van der Waals surface area contributed by atoms with Crippen molar-refractivity contribution in [3.63, 3.8) is 0 Å². The van der Waals surface area contributed by atoms with Gasteiger partial charge in [-0.05, 0) is 37.5 Å². The largest absolute Gasteiger partial charge is 0.465 e. The van der Waals surface area contributed by atoms with Gasteiger partial charge in [0.25, 0.3) is 5.91 Å². The fourth-order valence-corrected chi connectivity index (χ4v) is 4.57. The van der Waals surface area contributed by atoms with Crippen LogP contribution in [0.1, 0.15) is 28.8 Å². The predicted molar refractivity (Wildman–Crippen MR) is 139 cm³/mol. The number of halogens is 1. The van der Waals surface area contributed by atoms with Gasteiger partial charge in [-0.25, -0.2) is 18.7 Å². The molecular weight excluding hydrogens is 505 g/mol. The van der Waals surface area contributed by atoms with Crippen molar-refractivity contribution in [1.29, 1.82) is 0 Å². The Labute approximate surface area is 222 Å². The van der Waals surface area contributed by atoms with Gasteiger partial charge in [-0.15, -0.1) is 5.10 Å². The number of carboxylic acid groups (broad SMARTS) is 1. The highest BCUT2D eigenvalue weighted by molar-refractivity contribution is 5.96. The molecule has 200 valence electrons. The van der Waals surface area contributed by atoms with Crippen LogP contribution in [0.15, 0.2) is 48.9 Å². The van der Waals surface area contributed by atoms with Crippen LogP contribution in [0.25, 0.3) is 16.9 Å². The molecule has 3 aromatic heterocycles. The summed E-state index contributed by atoms with van der Waals surface area (Å²) in [4.78, 5) is 33.5. The highest BCUT2D eigenvalue weighted by atomic mass is 19.1. The van der Waals surface area contributed by atoms with E-state index in [0.29, 0.717) is 42.2 Å². The molecule has 0 radical (unpaired) electrons. The highest BCUT2D eigenvalue weighted by Gasteiger charge is 2.30. The van der Waals surface area contributed by atoms with Crippen molar-refractivity contribution in [3.05, 3.63) is 65.9 Å². The Morgan fingerprint density at radius 1 is 1.15 bits per heavy atom. The number of anilines is 1. The number of amides is 2. The maximum absolute atomic E-state index is 13.7. The Bertz CT molecular complexity index is 1580. The summed E-state index contributed by atoms with van der Waals surface area (Å²) in [5, 5.41) is 20.1. The molecule has 0 unspecified atom stereocenters. The number of imidazole rings is 1. The number of rotatable bonds is 8. The number of hydrogen-bond donors (Lipinski definition) is 3. The van der Waals surface area contributed by atoms with Gasteiger partial charge in [-0.1, -0.05) is 6.07 Å². The SMILES string of the molecule is Cc1cc(-c2cnc3c(NCC4CN(C(=O)O)C4)cc(Oc4cncc(F)c4)nn23)ccc1C(=O)NC1CC1. The summed E-state index contributed by atoms with van der Waals surface area (Å²) < 4.78 is 21.2. The van der Waals surface area contributed by atoms with Crippen LogP contribution >= 0.6 is 0 Å². The van der Waals surface area contributed by atoms with E-state index in [9.17, 15) is 14.0 Å². The van der Waals surface area contributed by atoms with E-state index in [1.54, 1.807) is 22.8 Å². The van der Waals surface area contributed by atoms with E-state index < -0.39 is 11.9 Å². The highest BCUT2D eigenvalue weighted by Crippen LogP contribution is 2.30. The molecule has 1 aliphatic heterocycles. The Morgan fingerprint density at radius 3 is 2.69 bits per heavy atom. The van der Waals surface area contributed by atoms with Gasteiger partial charge in [-0.2, -0.15) is 0 Å². The van der Waals surface area contributed by atoms with Crippen LogP contribution in [-0.2, 0) is 0 Å². The fourth-order valence-electron chi connectivity index (χ4n) is 4.57. The van der Waals surface area contributed by atoms with Crippen molar-refractivity contribution in [1.82, 2.24) is 29.8 Å². The summed E-state index contributed by atoms with van der Waals surface area (Å²) >= 11 is 0. The van der Waals surface area contributed by atoms with Crippen LogP contribution in [0.2, 0.25) is 0 Å². The Balaban J connectivity index is 1.32. The van der Waals surface area contributed by atoms with Gasteiger partial charge in [0.15, 0.2) is 11.4 Å². The number of carbonyl (C=O) groups is 2. The van der Waals surface area contributed by atoms with Gasteiger partial charge in [0.05, 0.1) is 30.0 Å². The molecule has 1 aromatic carbocycles. The number of fused-ring (bicyclic) bond motifs is 1. The number of carbonyl (C=O) groups excluding carboxylic acids is 1. The van der Waals surface area contributed by atoms with E-state index in [1.807, 2.05) is 19.1 Å². The van der Waals surface area contributed by atoms with Crippen LogP contribution < -0.4 is 15.4 Å². The lowest BCUT2D eigenvalue weighted by atomic mass is 10.0. The molecule has 0 bridgehead atoms. The minimum Gasteiger partial charge on any atom is -0.465 e. The zero-order valence-electron chi connectivity index (χ0n) is 21.1. The molecule has 2 aliphatic rings. The number of aryl methyl sites for hydroxylation is 1. The van der Waals surface area contributed by atoms with Gasteiger partial charge >= 0.3 is 6.09 Å². The van der Waals surface area contributed by atoms with Crippen LogP contribution in [0, 0.1) is 18.7 Å². The third-order valence-corrected chi connectivity index (χ3v) is 6.84. The second-order valence-electron chi connectivity index (χ2n) is 9.93. The lowest BCUT2D eigenvalue weighted by Crippen LogP contribution is -2.51. The second-order valence-corrected chi connectivity index (χ2v) is 9.93. The van der Waals surface area contributed by atoms with E-state index in [4.69, 9.17) is 9.84 Å². The summed E-state index contributed by atoms with van der Waals surface area (Å²) in [6.07, 6.45) is 5.26. The lowest BCUT2D eigenvalue weighted by molar-refractivity contribution is 0.0863. The lowest BCUT2D eigenvalue weighted by Gasteiger charge is -2.37. The topological polar surface area (TPSA) is 134 Å². The molecular formula is C27H26FN7O4. The molecule has 11 nitrogen and oxygen atoms in total. The van der Waals surface area contributed by atoms with E-state index in [0.717, 1.165) is 30.2 Å². The van der Waals surface area contributed by atoms with E-state index in [-0.39, 0.29) is 29.5 Å². The maximum Gasteiger partial charge on any atom is 0.407 e. The second kappa shape index (κ2) is 9.86. The number of pyridine rings is 1. The smallest absolute Gasteiger partial charge is 0.407 e. The molecule has 4 aromatic rings. The van der Waals surface area contributed by atoms with E-state index in [1.165, 1.54) is 17.2 Å². The average Bonchev–Trinajstić information content (AvgIpc) is 3.57. The zero-order chi connectivity index (χ0) is 27.1. The molecule has 0 atom stereocenters. The number of ether oxygens (including phenoxy) is 1. The first-order chi connectivity index (χ1) is 18.8. The molecule has 1 saturated heterocycles. The third-order valence-electron chi connectivity index (χ3n) is 6.84. The average molecular weight is 532 g/mol. The van der Waals surface area contributed by atoms with E-state index >= 15 is 0 Å². The van der Waals surface area contributed by atoms with Gasteiger partial charge in [0.1, 0.15) is 5.82 Å². The first kappa shape index (κ1) is 24.6. The van der Waals surface area contributed by atoms with Crippen LogP contribution in [0.5, 0.6) is 11.6 Å². The third kappa shape index (κ3) is 5.17. The quantitative estimate of drug-likeness (QED) is 0.311. The zero-order valence-corrected chi connectivity index (χ0v) is 21.1. The van der Waals surface area contributed by atoms with Gasteiger partial charge < -0.3 is 25.4 Å². The van der Waals surface area contributed by atoms with Crippen molar-refractivity contribution in [2.75, 3.05) is 25.0 Å². The first-order valence-electron chi connectivity index (χ1n) is 12.6. The minimum atomic E-state index is -0.929. The summed E-state index contributed by atoms with van der Waals surface area (Å²) in [6, 6.07) is 8.71. The van der Waals surface area contributed by atoms with Crippen LogP contribution in [0.4, 0.5) is 14.9 Å². The Kier molecular flexibility index (Phi) is 6.21. The molecule has 1 aliphatic carbocycles. The molecule has 2 amide bonds. The monoisotopic (exact) mass is 531 g/mol. The standard InChI is InChI=1S/C27H26FN7O4/c1-15-6-17(2-5-21(15)26(36)32-19-3-4-19)23-12-31-25-22(30-9-16-13-34(14-16)27(37)38)8-24(33-35(23)25)39-20-7-18(28)10-29-11-20/h2,5-8,10-12,16,19,30H,3-4,9,13-14H2,1H3,(H,32,36)(H,37,38). The molecule has 39 heavy (non-hydrogen) atoms. The summed E-state index contributed by atoms with van der Waals surface area (Å²) in [6.45, 7) is 3.30. The molecule has 1 saturated carbocycles. The minimum absolute atomic E-state index is 0.0823. The van der Waals surface area contributed by atoms with Crippen molar-refractivity contribution >= 4 is 23.3 Å². The number of nitrogens with one attached hydrogen (secondary N) is 2. The first-order valence-corrected chi connectivity index (χ1v) is 12.6. The van der Waals surface area contributed by atoms with Crippen LogP contribution in [-0.4, -0.2) is 67.3 Å². The molecule has 4 heterocycles. The van der Waals surface area contributed by atoms with Gasteiger partial charge in [0, 0.05) is 54.9 Å². The molecule has 3 N–H and O–H groups in total. The van der Waals surface area contributed by atoms with Crippen molar-refractivity contribution < 1.29 is 23.8 Å². The fraction of sp³-hybridized carbons (Fsp3) is 0.296. The van der Waals surface area contributed by atoms with E-state index in [2.05, 4.69) is 25.7 Å². The number of hydrogen-bond acceptors (Lipinski definition) is 7. The van der Waals surface area contributed by atoms with Crippen LogP contribution in [0.3, 0.4) is 0 Å². The van der Waals surface area contributed by atoms with Crippen molar-refractivity contribution in [2.24, 2.45) is 5.92 Å². The normalized spacial score (nSPS) is 15.2. The predicted octanol–water partition coefficient (Wildman–Crippen LogP) is 3.95. The number of aromatic nitrogens is 4. The van der Waals surface area contributed by atoms with Gasteiger partial charge in [0.2, 0.25) is 5.88 Å². The maximum atomic E-state index is 13.7. The molecule has 2 fully saturated rings. The molecule has 0 spiro atoms. The summed E-state index contributed by atoms with van der Waals surface area (Å²) in [5.41, 5.74) is 4.09. The number of benzene rings is 1. The van der Waals surface area contributed by atoms with Gasteiger partial charge in [-0.3, -0.25) is 9.78 Å². The summed E-state index contributed by atoms with van der Waals surface area (Å²) in [5.74, 6) is -0.0924. The number of nitrogens with zero attached hydrogens (tertiary/aromatic N) is 5. The summed E-state index contributed by atoms with van der Waals surface area (Å²) in [7, 11) is 0. The number of likely N-dealkylation sites (tertiary alicyclic amines) is 1. The van der Waals surface area contributed by atoms with Crippen molar-refractivity contribution in [2.45, 2.75) is 25.8 Å². The molecule has 6 rings (SSSR count). The molecule has 12 heteroatoms. The Morgan fingerprint density at radius 2 is 1.97 bits per heavy atom.